The molecule has 0 radical (unpaired) electrons. The molecular weight excluding hydrogens is 361 g/mol. The first-order valence-electron chi connectivity index (χ1n) is 7.81. The Balaban J connectivity index is 2.05. The van der Waals surface area contributed by atoms with Crippen LogP contribution < -0.4 is 10.1 Å². The molecule has 1 saturated carbocycles. The van der Waals surface area contributed by atoms with Gasteiger partial charge in [0.15, 0.2) is 0 Å². The van der Waals surface area contributed by atoms with E-state index in [1.54, 1.807) is 0 Å². The van der Waals surface area contributed by atoms with Crippen molar-refractivity contribution in [2.45, 2.75) is 58.6 Å². The van der Waals surface area contributed by atoms with Gasteiger partial charge in [-0.2, -0.15) is 0 Å². The summed E-state index contributed by atoms with van der Waals surface area (Å²) in [5, 5.41) is 3.71. The molecule has 1 fully saturated rings. The van der Waals surface area contributed by atoms with Gasteiger partial charge in [-0.15, -0.1) is 0 Å². The van der Waals surface area contributed by atoms with Crippen LogP contribution in [0.1, 0.15) is 46.5 Å². The van der Waals surface area contributed by atoms with Gasteiger partial charge in [-0.05, 0) is 66.6 Å². The first-order chi connectivity index (χ1) is 9.66. The molecule has 0 heterocycles. The number of rotatable bonds is 7. The zero-order valence-electron chi connectivity index (χ0n) is 12.8. The van der Waals surface area contributed by atoms with Gasteiger partial charge in [-0.25, -0.2) is 0 Å². The summed E-state index contributed by atoms with van der Waals surface area (Å²) in [6.07, 6.45) is 5.04. The van der Waals surface area contributed by atoms with Gasteiger partial charge in [0.1, 0.15) is 11.9 Å². The van der Waals surface area contributed by atoms with Crippen LogP contribution in [0.4, 0.5) is 0 Å². The number of halogens is 1. The van der Waals surface area contributed by atoms with Gasteiger partial charge in [-0.1, -0.05) is 26.8 Å². The summed E-state index contributed by atoms with van der Waals surface area (Å²) in [7, 11) is 0. The van der Waals surface area contributed by atoms with E-state index in [1.165, 1.54) is 22.8 Å². The van der Waals surface area contributed by atoms with Gasteiger partial charge in [0.2, 0.25) is 0 Å². The van der Waals surface area contributed by atoms with Crippen molar-refractivity contribution in [1.82, 2.24) is 5.32 Å². The first-order valence-corrected chi connectivity index (χ1v) is 8.89. The highest BCUT2D eigenvalue weighted by Gasteiger charge is 2.53. The Hall–Kier alpha value is -0.290. The smallest absolute Gasteiger partial charge is 0.120 e. The third-order valence-corrected chi connectivity index (χ3v) is 5.49. The first kappa shape index (κ1) is 16.1. The molecule has 0 spiro atoms. The molecule has 2 nitrogen and oxygen atoms in total. The lowest BCUT2D eigenvalue weighted by atomic mass is 9.58. The third kappa shape index (κ3) is 3.14. The molecule has 2 unspecified atom stereocenters. The van der Waals surface area contributed by atoms with Crippen LogP contribution in [0.15, 0.2) is 24.3 Å². The van der Waals surface area contributed by atoms with E-state index in [0.717, 1.165) is 18.7 Å². The number of ether oxygens (including phenoxy) is 1. The number of hydrogen-bond acceptors (Lipinski definition) is 2. The second-order valence-corrected chi connectivity index (χ2v) is 6.99. The fraction of sp³-hybridized carbons (Fsp3) is 0.647. The summed E-state index contributed by atoms with van der Waals surface area (Å²) in [5.41, 5.74) is 0.302. The molecule has 0 aliphatic heterocycles. The van der Waals surface area contributed by atoms with Crippen LogP contribution in [0.5, 0.6) is 5.75 Å². The van der Waals surface area contributed by atoms with Gasteiger partial charge in [-0.3, -0.25) is 0 Å². The molecule has 1 aliphatic rings. The summed E-state index contributed by atoms with van der Waals surface area (Å²) < 4.78 is 7.53. The molecule has 1 aliphatic carbocycles. The Labute approximate surface area is 136 Å². The van der Waals surface area contributed by atoms with Gasteiger partial charge >= 0.3 is 0 Å². The molecule has 1 N–H and O–H groups in total. The molecule has 2 atom stereocenters. The van der Waals surface area contributed by atoms with Crippen LogP contribution >= 0.6 is 22.6 Å². The Kier molecular flexibility index (Phi) is 5.73. The number of benzene rings is 1. The van der Waals surface area contributed by atoms with Crippen LogP contribution in [0.25, 0.3) is 0 Å². The predicted molar refractivity (Wildman–Crippen MR) is 93.3 cm³/mol. The van der Waals surface area contributed by atoms with Crippen molar-refractivity contribution in [3.8, 4) is 5.75 Å². The lowest BCUT2D eigenvalue weighted by Crippen LogP contribution is -2.64. The topological polar surface area (TPSA) is 21.3 Å². The average molecular weight is 387 g/mol. The van der Waals surface area contributed by atoms with Gasteiger partial charge in [0.25, 0.3) is 0 Å². The van der Waals surface area contributed by atoms with Crippen LogP contribution in [-0.4, -0.2) is 18.7 Å². The van der Waals surface area contributed by atoms with Crippen LogP contribution in [-0.2, 0) is 0 Å². The van der Waals surface area contributed by atoms with E-state index in [-0.39, 0.29) is 0 Å². The van der Waals surface area contributed by atoms with Gasteiger partial charge in [0, 0.05) is 21.4 Å². The zero-order chi connectivity index (χ0) is 14.6. The SMILES string of the molecule is CCCNC1CC(Oc2cccc(I)c2)C1(CC)CC. The van der Waals surface area contributed by atoms with E-state index < -0.39 is 0 Å². The van der Waals surface area contributed by atoms with E-state index in [4.69, 9.17) is 4.74 Å². The monoisotopic (exact) mass is 387 g/mol. The number of hydrogen-bond donors (Lipinski definition) is 1. The number of nitrogens with one attached hydrogen (secondary N) is 1. The Morgan fingerprint density at radius 3 is 2.65 bits per heavy atom. The van der Waals surface area contributed by atoms with Crippen molar-refractivity contribution < 1.29 is 4.74 Å². The molecule has 2 rings (SSSR count). The molecule has 0 aromatic heterocycles. The van der Waals surface area contributed by atoms with Gasteiger partial charge in [0.05, 0.1) is 0 Å². The molecule has 0 bridgehead atoms. The molecule has 1 aromatic carbocycles. The largest absolute Gasteiger partial charge is 0.490 e. The molecule has 1 aromatic rings. The molecule has 0 amide bonds. The summed E-state index contributed by atoms with van der Waals surface area (Å²) in [6.45, 7) is 7.94. The van der Waals surface area contributed by atoms with Crippen molar-refractivity contribution in [3.05, 3.63) is 27.8 Å². The minimum atomic E-state index is 0.302. The lowest BCUT2D eigenvalue weighted by Gasteiger charge is -2.55. The minimum Gasteiger partial charge on any atom is -0.490 e. The highest BCUT2D eigenvalue weighted by molar-refractivity contribution is 14.1. The average Bonchev–Trinajstić information content (AvgIpc) is 2.43. The highest BCUT2D eigenvalue weighted by atomic mass is 127. The summed E-state index contributed by atoms with van der Waals surface area (Å²) in [5.74, 6) is 1.02. The normalized spacial score (nSPS) is 24.2. The van der Waals surface area contributed by atoms with Crippen molar-refractivity contribution >= 4 is 22.6 Å². The Morgan fingerprint density at radius 2 is 2.05 bits per heavy atom. The van der Waals surface area contributed by atoms with Crippen molar-refractivity contribution in [2.24, 2.45) is 5.41 Å². The second kappa shape index (κ2) is 7.12. The van der Waals surface area contributed by atoms with Crippen LogP contribution in [0.2, 0.25) is 0 Å². The van der Waals surface area contributed by atoms with Crippen LogP contribution in [0, 0.1) is 8.99 Å². The molecule has 112 valence electrons. The molecule has 0 saturated heterocycles. The van der Waals surface area contributed by atoms with E-state index in [1.807, 2.05) is 0 Å². The standard InChI is InChI=1S/C17H26INO/c1-4-10-19-15-12-16(17(15,5-2)6-3)20-14-9-7-8-13(18)11-14/h7-9,11,15-16,19H,4-6,10,12H2,1-3H3. The highest BCUT2D eigenvalue weighted by Crippen LogP contribution is 2.49. The maximum absolute atomic E-state index is 6.29. The van der Waals surface area contributed by atoms with Crippen LogP contribution in [0.3, 0.4) is 0 Å². The van der Waals surface area contributed by atoms with Crippen molar-refractivity contribution in [2.75, 3.05) is 6.54 Å². The fourth-order valence-corrected chi connectivity index (χ4v) is 3.94. The Bertz CT molecular complexity index is 431. The van der Waals surface area contributed by atoms with E-state index >= 15 is 0 Å². The quantitative estimate of drug-likeness (QED) is 0.690. The molecule has 3 heteroatoms. The van der Waals surface area contributed by atoms with Crippen molar-refractivity contribution in [1.29, 1.82) is 0 Å². The molecular formula is C17H26INO. The Morgan fingerprint density at radius 1 is 1.30 bits per heavy atom. The van der Waals surface area contributed by atoms with E-state index in [2.05, 4.69) is 72.9 Å². The summed E-state index contributed by atoms with van der Waals surface area (Å²) >= 11 is 2.34. The van der Waals surface area contributed by atoms with Crippen molar-refractivity contribution in [3.63, 3.8) is 0 Å². The maximum atomic E-state index is 6.29. The minimum absolute atomic E-state index is 0.302. The van der Waals surface area contributed by atoms with Gasteiger partial charge < -0.3 is 10.1 Å². The maximum Gasteiger partial charge on any atom is 0.120 e. The summed E-state index contributed by atoms with van der Waals surface area (Å²) in [6, 6.07) is 8.99. The lowest BCUT2D eigenvalue weighted by molar-refractivity contribution is -0.0858. The van der Waals surface area contributed by atoms with E-state index in [9.17, 15) is 0 Å². The van der Waals surface area contributed by atoms with E-state index in [0.29, 0.717) is 17.6 Å². The summed E-state index contributed by atoms with van der Waals surface area (Å²) in [4.78, 5) is 0. The zero-order valence-corrected chi connectivity index (χ0v) is 14.9. The predicted octanol–water partition coefficient (Wildman–Crippen LogP) is 4.62. The third-order valence-electron chi connectivity index (χ3n) is 4.82. The molecule has 20 heavy (non-hydrogen) atoms. The second-order valence-electron chi connectivity index (χ2n) is 5.75. The fourth-order valence-electron chi connectivity index (χ4n) is 3.42.